The third kappa shape index (κ3) is 4.20. The standard InChI is InChI=1S/C49H35N3/c1-2-37-48(35-24-26-40-38-17-8-11-21-44(38)51(46(40)30-35)36-25-23-31-13-3-4-14-32(31)27-36)50-43-20-10-7-19-41(43)49(37)52-45-22-12-9-18-39(45)42-28-33-15-5-6-16-34(33)29-47(42)52/h3-30,43,50H,2H2,1H3. The molecular formula is C49H35N3. The molecule has 0 spiro atoms. The number of fused-ring (bicyclic) bond motifs is 9. The van der Waals surface area contributed by atoms with Crippen LogP contribution in [0.3, 0.4) is 0 Å². The molecule has 1 aliphatic carbocycles. The van der Waals surface area contributed by atoms with Gasteiger partial charge in [-0.25, -0.2) is 0 Å². The Morgan fingerprint density at radius 1 is 0.519 bits per heavy atom. The number of aromatic nitrogens is 2. The number of para-hydroxylation sites is 2. The largest absolute Gasteiger partial charge is 0.374 e. The lowest BCUT2D eigenvalue weighted by molar-refractivity contribution is 0.793. The van der Waals surface area contributed by atoms with Crippen molar-refractivity contribution < 1.29 is 0 Å². The minimum atomic E-state index is 0.0454. The molecule has 0 amide bonds. The lowest BCUT2D eigenvalue weighted by Crippen LogP contribution is -2.34. The third-order valence-corrected chi connectivity index (χ3v) is 11.3. The van der Waals surface area contributed by atoms with Crippen LogP contribution in [0.4, 0.5) is 0 Å². The predicted molar refractivity (Wildman–Crippen MR) is 221 cm³/mol. The quantitative estimate of drug-likeness (QED) is 0.199. The van der Waals surface area contributed by atoms with Gasteiger partial charge in [0.1, 0.15) is 0 Å². The van der Waals surface area contributed by atoms with E-state index in [9.17, 15) is 0 Å². The molecule has 1 unspecified atom stereocenters. The van der Waals surface area contributed by atoms with Crippen LogP contribution in [-0.2, 0) is 0 Å². The summed E-state index contributed by atoms with van der Waals surface area (Å²) in [5.74, 6) is 0. The first kappa shape index (κ1) is 29.2. The molecule has 0 radical (unpaired) electrons. The fraction of sp³-hybridized carbons (Fsp3) is 0.0612. The molecule has 3 nitrogen and oxygen atoms in total. The minimum absolute atomic E-state index is 0.0454. The molecule has 1 aliphatic heterocycles. The van der Waals surface area contributed by atoms with Gasteiger partial charge in [-0.2, -0.15) is 0 Å². The van der Waals surface area contributed by atoms with E-state index in [2.05, 4.69) is 191 Å². The van der Waals surface area contributed by atoms with Crippen LogP contribution in [-0.4, -0.2) is 15.2 Å². The summed E-state index contributed by atoms with van der Waals surface area (Å²) < 4.78 is 4.99. The van der Waals surface area contributed by atoms with E-state index in [1.54, 1.807) is 0 Å². The Morgan fingerprint density at radius 2 is 1.15 bits per heavy atom. The van der Waals surface area contributed by atoms with E-state index in [4.69, 9.17) is 0 Å². The Bertz CT molecular complexity index is 3090. The minimum Gasteiger partial charge on any atom is -0.374 e. The van der Waals surface area contributed by atoms with Crippen LogP contribution < -0.4 is 5.32 Å². The van der Waals surface area contributed by atoms with Crippen molar-refractivity contribution in [1.82, 2.24) is 14.5 Å². The van der Waals surface area contributed by atoms with Crippen molar-refractivity contribution in [2.75, 3.05) is 0 Å². The Hall–Kier alpha value is -6.58. The van der Waals surface area contributed by atoms with Crippen molar-refractivity contribution in [1.29, 1.82) is 0 Å². The number of nitrogens with zero attached hydrogens (tertiary/aromatic N) is 2. The van der Waals surface area contributed by atoms with Crippen LogP contribution in [0.15, 0.2) is 181 Å². The molecule has 0 saturated carbocycles. The van der Waals surface area contributed by atoms with Crippen molar-refractivity contribution in [3.05, 3.63) is 187 Å². The summed E-state index contributed by atoms with van der Waals surface area (Å²) in [5.41, 5.74) is 12.3. The van der Waals surface area contributed by atoms with Gasteiger partial charge in [0.15, 0.2) is 0 Å². The maximum absolute atomic E-state index is 4.03. The normalized spacial score (nSPS) is 15.9. The zero-order chi connectivity index (χ0) is 34.3. The average Bonchev–Trinajstić information content (AvgIpc) is 3.70. The molecule has 0 fully saturated rings. The van der Waals surface area contributed by atoms with Crippen LogP contribution in [0.1, 0.15) is 18.9 Å². The molecule has 2 aliphatic rings. The van der Waals surface area contributed by atoms with Gasteiger partial charge >= 0.3 is 0 Å². The SMILES string of the molecule is CCC1=C(c2ccc3c4ccccc4n(-c4ccc5ccccc5c4)c3c2)NC2C=CC=CC2=C1n1c2ccccc2c2cc3ccccc3cc21. The van der Waals surface area contributed by atoms with Crippen LogP contribution in [0.2, 0.25) is 0 Å². The Labute approximate surface area is 301 Å². The summed E-state index contributed by atoms with van der Waals surface area (Å²) in [6.07, 6.45) is 9.84. The molecule has 7 aromatic carbocycles. The first-order valence-corrected chi connectivity index (χ1v) is 18.3. The van der Waals surface area contributed by atoms with Gasteiger partial charge in [0, 0.05) is 49.6 Å². The predicted octanol–water partition coefficient (Wildman–Crippen LogP) is 12.3. The maximum atomic E-state index is 4.03. The van der Waals surface area contributed by atoms with E-state index in [1.807, 2.05) is 0 Å². The molecule has 0 bridgehead atoms. The van der Waals surface area contributed by atoms with E-state index in [1.165, 1.54) is 98.9 Å². The lowest BCUT2D eigenvalue weighted by atomic mass is 9.87. The molecule has 1 atom stereocenters. The van der Waals surface area contributed by atoms with Crippen molar-refractivity contribution in [2.24, 2.45) is 0 Å². The van der Waals surface area contributed by atoms with Crippen LogP contribution >= 0.6 is 0 Å². The number of allylic oxidation sites excluding steroid dienone is 4. The van der Waals surface area contributed by atoms with Gasteiger partial charge in [0.05, 0.1) is 33.8 Å². The van der Waals surface area contributed by atoms with Gasteiger partial charge < -0.3 is 14.5 Å². The molecule has 2 aromatic heterocycles. The number of nitrogens with one attached hydrogen (secondary N) is 1. The smallest absolute Gasteiger partial charge is 0.0721 e. The van der Waals surface area contributed by atoms with Crippen LogP contribution in [0.5, 0.6) is 0 Å². The van der Waals surface area contributed by atoms with Gasteiger partial charge in [-0.05, 0) is 70.4 Å². The lowest BCUT2D eigenvalue weighted by Gasteiger charge is -2.34. The second-order valence-electron chi connectivity index (χ2n) is 14.1. The highest BCUT2D eigenvalue weighted by Gasteiger charge is 2.30. The second kappa shape index (κ2) is 11.2. The molecule has 1 N–H and O–H groups in total. The Kier molecular flexibility index (Phi) is 6.29. The summed E-state index contributed by atoms with van der Waals surface area (Å²) >= 11 is 0. The molecule has 9 aromatic rings. The molecule has 0 saturated heterocycles. The molecule has 3 heteroatoms. The second-order valence-corrected chi connectivity index (χ2v) is 14.1. The molecule has 246 valence electrons. The van der Waals surface area contributed by atoms with E-state index in [0.717, 1.165) is 6.42 Å². The topological polar surface area (TPSA) is 21.9 Å². The molecule has 3 heterocycles. The summed E-state index contributed by atoms with van der Waals surface area (Å²) in [6, 6.07) is 53.7. The maximum Gasteiger partial charge on any atom is 0.0721 e. The van der Waals surface area contributed by atoms with E-state index in [-0.39, 0.29) is 6.04 Å². The van der Waals surface area contributed by atoms with Crippen molar-refractivity contribution >= 4 is 76.6 Å². The first-order valence-electron chi connectivity index (χ1n) is 18.3. The summed E-state index contributed by atoms with van der Waals surface area (Å²) in [4.78, 5) is 0. The fourth-order valence-corrected chi connectivity index (χ4v) is 8.91. The number of dihydropyridines is 1. The van der Waals surface area contributed by atoms with Gasteiger partial charge in [-0.1, -0.05) is 134 Å². The van der Waals surface area contributed by atoms with Crippen LogP contribution in [0, 0.1) is 0 Å². The highest BCUT2D eigenvalue weighted by atomic mass is 15.0. The van der Waals surface area contributed by atoms with Crippen LogP contribution in [0.25, 0.3) is 82.2 Å². The fourth-order valence-electron chi connectivity index (χ4n) is 8.91. The van der Waals surface area contributed by atoms with Crippen molar-refractivity contribution in [3.63, 3.8) is 0 Å². The molecular weight excluding hydrogens is 631 g/mol. The van der Waals surface area contributed by atoms with Gasteiger partial charge in [-0.15, -0.1) is 0 Å². The van der Waals surface area contributed by atoms with E-state index >= 15 is 0 Å². The monoisotopic (exact) mass is 665 g/mol. The Morgan fingerprint density at radius 3 is 1.94 bits per heavy atom. The number of rotatable bonds is 4. The zero-order valence-corrected chi connectivity index (χ0v) is 28.8. The zero-order valence-electron chi connectivity index (χ0n) is 28.8. The first-order chi connectivity index (χ1) is 25.7. The highest BCUT2D eigenvalue weighted by Crippen LogP contribution is 2.44. The van der Waals surface area contributed by atoms with Gasteiger partial charge in [0.25, 0.3) is 0 Å². The number of benzene rings is 7. The molecule has 11 rings (SSSR count). The average molecular weight is 666 g/mol. The third-order valence-electron chi connectivity index (χ3n) is 11.3. The molecule has 52 heavy (non-hydrogen) atoms. The summed E-state index contributed by atoms with van der Waals surface area (Å²) in [5, 5.41) is 14.1. The summed E-state index contributed by atoms with van der Waals surface area (Å²) in [6.45, 7) is 2.30. The Balaban J connectivity index is 1.20. The number of hydrogen-bond donors (Lipinski definition) is 1. The van der Waals surface area contributed by atoms with E-state index < -0.39 is 0 Å². The van der Waals surface area contributed by atoms with Crippen molar-refractivity contribution in [2.45, 2.75) is 19.4 Å². The van der Waals surface area contributed by atoms with Gasteiger partial charge in [-0.3, -0.25) is 0 Å². The van der Waals surface area contributed by atoms with Gasteiger partial charge in [0.2, 0.25) is 0 Å². The van der Waals surface area contributed by atoms with E-state index in [0.29, 0.717) is 0 Å². The number of hydrogen-bond acceptors (Lipinski definition) is 1. The highest BCUT2D eigenvalue weighted by molar-refractivity contribution is 6.16. The van der Waals surface area contributed by atoms with Crippen molar-refractivity contribution in [3.8, 4) is 5.69 Å². The summed E-state index contributed by atoms with van der Waals surface area (Å²) in [7, 11) is 0.